The van der Waals surface area contributed by atoms with E-state index in [1.54, 1.807) is 19.2 Å². The van der Waals surface area contributed by atoms with Gasteiger partial charge in [-0.15, -0.1) is 0 Å². The van der Waals surface area contributed by atoms with E-state index < -0.39 is 0 Å². The lowest BCUT2D eigenvalue weighted by Gasteiger charge is -2.05. The van der Waals surface area contributed by atoms with Crippen LogP contribution in [0.2, 0.25) is 5.15 Å². The fourth-order valence-corrected chi connectivity index (χ4v) is 2.47. The Morgan fingerprint density at radius 1 is 1.25 bits per heavy atom. The molecule has 0 bridgehead atoms. The maximum atomic E-state index is 11.7. The van der Waals surface area contributed by atoms with Crippen molar-refractivity contribution in [1.29, 1.82) is 0 Å². The van der Waals surface area contributed by atoms with Gasteiger partial charge in [0.25, 0.3) is 0 Å². The number of hydrogen-bond donors (Lipinski definition) is 0. The molecule has 0 atom stereocenters. The number of hydrogen-bond acceptors (Lipinski definition) is 2. The lowest BCUT2D eigenvalue weighted by atomic mass is 10.1. The maximum absolute atomic E-state index is 11.7. The summed E-state index contributed by atoms with van der Waals surface area (Å²) in [4.78, 5) is 15.8. The van der Waals surface area contributed by atoms with E-state index in [-0.39, 0.29) is 5.78 Å². The molecule has 20 heavy (non-hydrogen) atoms. The largest absolute Gasteiger partial charge is 0.342 e. The van der Waals surface area contributed by atoms with Crippen molar-refractivity contribution in [3.05, 3.63) is 65.1 Å². The Bertz CT molecular complexity index is 775. The smallest absolute Gasteiger partial charge is 0.161 e. The van der Waals surface area contributed by atoms with Crippen molar-refractivity contribution in [3.8, 4) is 0 Å². The van der Waals surface area contributed by atoms with Gasteiger partial charge in [-0.1, -0.05) is 35.9 Å². The van der Waals surface area contributed by atoms with Crippen LogP contribution >= 0.6 is 11.6 Å². The second kappa shape index (κ2) is 5.10. The number of rotatable bonds is 3. The van der Waals surface area contributed by atoms with E-state index in [2.05, 4.69) is 9.55 Å². The molecule has 0 amide bonds. The molecule has 3 aromatic rings. The van der Waals surface area contributed by atoms with Crippen LogP contribution in [0.1, 0.15) is 22.8 Å². The van der Waals surface area contributed by atoms with Crippen LogP contribution in [0.4, 0.5) is 0 Å². The molecule has 1 aromatic carbocycles. The summed E-state index contributed by atoms with van der Waals surface area (Å²) in [5, 5.41) is 1.47. The molecule has 2 heterocycles. The first-order valence-electron chi connectivity index (χ1n) is 6.34. The standard InChI is InChI=1S/C16H13ClN2O/c1-11(20)14-10-19(15-5-3-2-4-13(14)15)9-12-6-7-16(17)18-8-12/h2-8,10H,9H2,1H3. The van der Waals surface area contributed by atoms with E-state index in [0.717, 1.165) is 22.0 Å². The number of nitrogens with zero attached hydrogens (tertiary/aromatic N) is 2. The molecule has 0 radical (unpaired) electrons. The molecule has 3 nitrogen and oxygen atoms in total. The van der Waals surface area contributed by atoms with E-state index >= 15 is 0 Å². The van der Waals surface area contributed by atoms with Gasteiger partial charge < -0.3 is 4.57 Å². The molecule has 0 saturated heterocycles. The van der Waals surface area contributed by atoms with Crippen molar-refractivity contribution in [2.24, 2.45) is 0 Å². The van der Waals surface area contributed by atoms with E-state index in [1.807, 2.05) is 36.5 Å². The highest BCUT2D eigenvalue weighted by Gasteiger charge is 2.11. The molecule has 0 spiro atoms. The summed E-state index contributed by atoms with van der Waals surface area (Å²) in [6.07, 6.45) is 3.66. The van der Waals surface area contributed by atoms with Crippen LogP contribution in [0.15, 0.2) is 48.8 Å². The number of Topliss-reactive ketones (excluding diaryl/α,β-unsaturated/α-hetero) is 1. The highest BCUT2D eigenvalue weighted by atomic mass is 35.5. The van der Waals surface area contributed by atoms with Gasteiger partial charge in [0.15, 0.2) is 5.78 Å². The maximum Gasteiger partial charge on any atom is 0.161 e. The molecular weight excluding hydrogens is 272 g/mol. The first-order valence-corrected chi connectivity index (χ1v) is 6.72. The topological polar surface area (TPSA) is 34.9 Å². The van der Waals surface area contributed by atoms with Gasteiger partial charge in [0.1, 0.15) is 5.15 Å². The Morgan fingerprint density at radius 3 is 2.75 bits per heavy atom. The van der Waals surface area contributed by atoms with Gasteiger partial charge in [0.05, 0.1) is 0 Å². The van der Waals surface area contributed by atoms with E-state index in [1.165, 1.54) is 0 Å². The molecule has 0 aliphatic heterocycles. The zero-order chi connectivity index (χ0) is 14.1. The van der Waals surface area contributed by atoms with Crippen LogP contribution in [0.5, 0.6) is 0 Å². The number of halogens is 1. The molecule has 0 fully saturated rings. The number of para-hydroxylation sites is 1. The molecule has 0 saturated carbocycles. The third-order valence-electron chi connectivity index (χ3n) is 3.31. The summed E-state index contributed by atoms with van der Waals surface area (Å²) in [5.74, 6) is 0.0779. The van der Waals surface area contributed by atoms with Crippen LogP contribution in [0, 0.1) is 0 Å². The molecular formula is C16H13ClN2O. The molecule has 2 aromatic heterocycles. The summed E-state index contributed by atoms with van der Waals surface area (Å²) in [6, 6.07) is 11.6. The van der Waals surface area contributed by atoms with Gasteiger partial charge in [-0.2, -0.15) is 0 Å². The van der Waals surface area contributed by atoms with Crippen LogP contribution in [-0.4, -0.2) is 15.3 Å². The average molecular weight is 285 g/mol. The van der Waals surface area contributed by atoms with Crippen LogP contribution in [0.3, 0.4) is 0 Å². The quantitative estimate of drug-likeness (QED) is 0.539. The lowest BCUT2D eigenvalue weighted by Crippen LogP contribution is -1.98. The zero-order valence-corrected chi connectivity index (χ0v) is 11.8. The summed E-state index contributed by atoms with van der Waals surface area (Å²) in [6.45, 7) is 2.26. The first kappa shape index (κ1) is 12.9. The van der Waals surface area contributed by atoms with Crippen LogP contribution < -0.4 is 0 Å². The van der Waals surface area contributed by atoms with Crippen molar-refractivity contribution in [2.75, 3.05) is 0 Å². The van der Waals surface area contributed by atoms with Gasteiger partial charge in [0.2, 0.25) is 0 Å². The molecule has 0 aliphatic carbocycles. The Balaban J connectivity index is 2.07. The Hall–Kier alpha value is -2.13. The minimum absolute atomic E-state index is 0.0779. The van der Waals surface area contributed by atoms with Crippen LogP contribution in [-0.2, 0) is 6.54 Å². The summed E-state index contributed by atoms with van der Waals surface area (Å²) in [5.41, 5.74) is 2.85. The Kier molecular flexibility index (Phi) is 3.28. The van der Waals surface area contributed by atoms with Crippen molar-refractivity contribution in [1.82, 2.24) is 9.55 Å². The summed E-state index contributed by atoms with van der Waals surface area (Å²) in [7, 11) is 0. The number of carbonyl (C=O) groups is 1. The number of benzene rings is 1. The number of aromatic nitrogens is 2. The second-order valence-corrected chi connectivity index (χ2v) is 5.12. The highest BCUT2D eigenvalue weighted by molar-refractivity contribution is 6.29. The van der Waals surface area contributed by atoms with Gasteiger partial charge in [-0.25, -0.2) is 4.98 Å². The highest BCUT2D eigenvalue weighted by Crippen LogP contribution is 2.22. The summed E-state index contributed by atoms with van der Waals surface area (Å²) >= 11 is 5.79. The molecule has 3 rings (SSSR count). The third kappa shape index (κ3) is 2.32. The first-order chi connectivity index (χ1) is 9.65. The SMILES string of the molecule is CC(=O)c1cn(Cc2ccc(Cl)nc2)c2ccccc12. The van der Waals surface area contributed by atoms with Crippen molar-refractivity contribution in [2.45, 2.75) is 13.5 Å². The van der Waals surface area contributed by atoms with E-state index in [9.17, 15) is 4.79 Å². The predicted octanol–water partition coefficient (Wildman–Crippen LogP) is 3.94. The van der Waals surface area contributed by atoms with E-state index in [4.69, 9.17) is 11.6 Å². The molecule has 0 unspecified atom stereocenters. The third-order valence-corrected chi connectivity index (χ3v) is 3.53. The van der Waals surface area contributed by atoms with Gasteiger partial charge in [-0.3, -0.25) is 4.79 Å². The van der Waals surface area contributed by atoms with Gasteiger partial charge >= 0.3 is 0 Å². The van der Waals surface area contributed by atoms with Gasteiger partial charge in [0, 0.05) is 35.4 Å². The number of carbonyl (C=O) groups excluding carboxylic acids is 1. The molecule has 0 aliphatic rings. The fourth-order valence-electron chi connectivity index (χ4n) is 2.35. The average Bonchev–Trinajstić information content (AvgIpc) is 2.81. The van der Waals surface area contributed by atoms with Crippen molar-refractivity contribution < 1.29 is 4.79 Å². The normalized spacial score (nSPS) is 10.9. The number of fused-ring (bicyclic) bond motifs is 1. The predicted molar refractivity (Wildman–Crippen MR) is 80.3 cm³/mol. The van der Waals surface area contributed by atoms with Crippen molar-refractivity contribution in [3.63, 3.8) is 0 Å². The zero-order valence-electron chi connectivity index (χ0n) is 11.0. The van der Waals surface area contributed by atoms with Crippen molar-refractivity contribution >= 4 is 28.3 Å². The van der Waals surface area contributed by atoms with Crippen LogP contribution in [0.25, 0.3) is 10.9 Å². The second-order valence-electron chi connectivity index (χ2n) is 4.73. The molecule has 100 valence electrons. The lowest BCUT2D eigenvalue weighted by molar-refractivity contribution is 0.101. The molecule has 4 heteroatoms. The Morgan fingerprint density at radius 2 is 2.05 bits per heavy atom. The summed E-state index contributed by atoms with van der Waals surface area (Å²) < 4.78 is 2.07. The fraction of sp³-hybridized carbons (Fsp3) is 0.125. The number of ketones is 1. The van der Waals surface area contributed by atoms with E-state index in [0.29, 0.717) is 11.7 Å². The minimum Gasteiger partial charge on any atom is -0.342 e. The number of pyridine rings is 1. The molecule has 0 N–H and O–H groups in total. The monoisotopic (exact) mass is 284 g/mol. The minimum atomic E-state index is 0.0779. The Labute approximate surface area is 121 Å². The van der Waals surface area contributed by atoms with Gasteiger partial charge in [-0.05, 0) is 24.6 Å².